The number of rotatable bonds is 6. The van der Waals surface area contributed by atoms with E-state index in [1.165, 1.54) is 7.11 Å². The second-order valence-corrected chi connectivity index (χ2v) is 4.63. The molecule has 2 rings (SSSR count). The summed E-state index contributed by atoms with van der Waals surface area (Å²) >= 11 is 0. The lowest BCUT2D eigenvalue weighted by molar-refractivity contribution is -0.161. The van der Waals surface area contributed by atoms with Gasteiger partial charge in [-0.1, -0.05) is 18.2 Å². The van der Waals surface area contributed by atoms with Gasteiger partial charge in [-0.25, -0.2) is 9.59 Å². The third-order valence-corrected chi connectivity index (χ3v) is 3.05. The Morgan fingerprint density at radius 1 is 1.41 bits per heavy atom. The van der Waals surface area contributed by atoms with Gasteiger partial charge in [-0.15, -0.1) is 0 Å². The first-order chi connectivity index (χ1) is 10.6. The van der Waals surface area contributed by atoms with E-state index >= 15 is 0 Å². The number of allylic oxidation sites excluding steroid dienone is 1. The highest BCUT2D eigenvalue weighted by molar-refractivity contribution is 5.81. The van der Waals surface area contributed by atoms with Crippen molar-refractivity contribution in [3.05, 3.63) is 29.8 Å². The number of hydrogen-bond acceptors (Lipinski definition) is 6. The van der Waals surface area contributed by atoms with Gasteiger partial charge in [-0.05, 0) is 24.6 Å². The summed E-state index contributed by atoms with van der Waals surface area (Å²) in [7, 11) is 1.52. The molecule has 0 aliphatic carbocycles. The molecule has 22 heavy (non-hydrogen) atoms. The molecule has 1 aliphatic rings. The van der Waals surface area contributed by atoms with Gasteiger partial charge in [0.2, 0.25) is 6.10 Å². The summed E-state index contributed by atoms with van der Waals surface area (Å²) in [5, 5.41) is 0. The lowest BCUT2D eigenvalue weighted by Crippen LogP contribution is -2.26. The largest absolute Gasteiger partial charge is 0.493 e. The van der Waals surface area contributed by atoms with Crippen LogP contribution in [0.5, 0.6) is 11.5 Å². The lowest BCUT2D eigenvalue weighted by atomic mass is 10.2. The average molecular weight is 306 g/mol. The normalized spacial score (nSPS) is 17.4. The molecule has 118 valence electrons. The summed E-state index contributed by atoms with van der Waals surface area (Å²) < 4.78 is 20.3. The van der Waals surface area contributed by atoms with E-state index in [1.54, 1.807) is 12.1 Å². The number of carbonyl (C=O) groups is 2. The van der Waals surface area contributed by atoms with Gasteiger partial charge in [0.15, 0.2) is 18.1 Å². The number of benzene rings is 1. The van der Waals surface area contributed by atoms with Crippen LogP contribution in [0.1, 0.15) is 18.9 Å². The smallest absolute Gasteiger partial charge is 0.347 e. The molecule has 0 aromatic heterocycles. The van der Waals surface area contributed by atoms with Crippen LogP contribution in [-0.2, 0) is 19.1 Å². The van der Waals surface area contributed by atoms with E-state index in [4.69, 9.17) is 18.9 Å². The van der Waals surface area contributed by atoms with Crippen molar-refractivity contribution in [1.29, 1.82) is 0 Å². The summed E-state index contributed by atoms with van der Waals surface area (Å²) in [6.07, 6.45) is 3.39. The summed E-state index contributed by atoms with van der Waals surface area (Å²) in [5.41, 5.74) is 0.961. The van der Waals surface area contributed by atoms with E-state index in [1.807, 2.05) is 25.1 Å². The van der Waals surface area contributed by atoms with Crippen LogP contribution in [0.25, 0.3) is 6.08 Å². The van der Waals surface area contributed by atoms with Gasteiger partial charge in [0.1, 0.15) is 0 Å². The number of hydrogen-bond donors (Lipinski definition) is 0. The predicted octanol–water partition coefficient (Wildman–Crippen LogP) is 1.97. The number of methoxy groups -OCH3 is 1. The van der Waals surface area contributed by atoms with Gasteiger partial charge in [-0.2, -0.15) is 0 Å². The Morgan fingerprint density at radius 2 is 2.23 bits per heavy atom. The molecule has 0 amide bonds. The summed E-state index contributed by atoms with van der Waals surface area (Å²) in [4.78, 5) is 22.9. The molecule has 1 heterocycles. The predicted molar refractivity (Wildman–Crippen MR) is 78.7 cm³/mol. The molecule has 0 saturated carbocycles. The summed E-state index contributed by atoms with van der Waals surface area (Å²) in [6.45, 7) is 1.89. The third-order valence-electron chi connectivity index (χ3n) is 3.05. The Balaban J connectivity index is 1.93. The first-order valence-corrected chi connectivity index (χ1v) is 6.93. The molecule has 0 spiro atoms. The molecule has 0 radical (unpaired) electrons. The lowest BCUT2D eigenvalue weighted by Gasteiger charge is -2.12. The van der Waals surface area contributed by atoms with Crippen molar-refractivity contribution in [3.63, 3.8) is 0 Å². The Morgan fingerprint density at radius 3 is 2.86 bits per heavy atom. The van der Waals surface area contributed by atoms with Crippen molar-refractivity contribution in [3.8, 4) is 11.5 Å². The topological polar surface area (TPSA) is 71.1 Å². The molecular weight excluding hydrogens is 288 g/mol. The first kappa shape index (κ1) is 15.9. The SMILES string of the molecule is C/C=C/c1ccc(OCC(=O)O[C@@H]2CCOC2=O)c(OC)c1. The van der Waals surface area contributed by atoms with Gasteiger partial charge in [0.05, 0.1) is 13.7 Å². The Kier molecular flexibility index (Phi) is 5.41. The molecule has 1 aliphatic heterocycles. The maximum absolute atomic E-state index is 11.7. The van der Waals surface area contributed by atoms with Crippen LogP contribution in [0.2, 0.25) is 0 Å². The second kappa shape index (κ2) is 7.49. The number of esters is 2. The second-order valence-electron chi connectivity index (χ2n) is 4.63. The van der Waals surface area contributed by atoms with Crippen molar-refractivity contribution in [2.75, 3.05) is 20.3 Å². The highest BCUT2D eigenvalue weighted by atomic mass is 16.6. The van der Waals surface area contributed by atoms with Gasteiger partial charge < -0.3 is 18.9 Å². The van der Waals surface area contributed by atoms with E-state index in [0.29, 0.717) is 17.9 Å². The standard InChI is InChI=1S/C16H18O6/c1-3-4-11-5-6-12(14(9-11)19-2)21-10-15(17)22-13-7-8-20-16(13)18/h3-6,9,13H,7-8,10H2,1-2H3/b4-3+/t13-/m1/s1. The van der Waals surface area contributed by atoms with Crippen molar-refractivity contribution in [1.82, 2.24) is 0 Å². The fourth-order valence-corrected chi connectivity index (χ4v) is 2.01. The zero-order chi connectivity index (χ0) is 15.9. The average Bonchev–Trinajstić information content (AvgIpc) is 2.91. The van der Waals surface area contributed by atoms with Crippen LogP contribution < -0.4 is 9.47 Å². The fraction of sp³-hybridized carbons (Fsp3) is 0.375. The van der Waals surface area contributed by atoms with Crippen molar-refractivity contribution < 1.29 is 28.5 Å². The molecule has 0 bridgehead atoms. The van der Waals surface area contributed by atoms with E-state index in [2.05, 4.69) is 0 Å². The third kappa shape index (κ3) is 4.00. The molecule has 6 heteroatoms. The van der Waals surface area contributed by atoms with Gasteiger partial charge >= 0.3 is 11.9 Å². The minimum Gasteiger partial charge on any atom is -0.493 e. The molecule has 1 saturated heterocycles. The fourth-order valence-electron chi connectivity index (χ4n) is 2.01. The number of ether oxygens (including phenoxy) is 4. The van der Waals surface area contributed by atoms with E-state index < -0.39 is 18.0 Å². The first-order valence-electron chi connectivity index (χ1n) is 6.93. The van der Waals surface area contributed by atoms with Crippen molar-refractivity contribution >= 4 is 18.0 Å². The zero-order valence-corrected chi connectivity index (χ0v) is 12.5. The molecule has 0 unspecified atom stereocenters. The Bertz CT molecular complexity index is 578. The zero-order valence-electron chi connectivity index (χ0n) is 12.5. The van der Waals surface area contributed by atoms with E-state index in [-0.39, 0.29) is 13.2 Å². The minimum absolute atomic E-state index is 0.276. The molecule has 1 aromatic rings. The van der Waals surface area contributed by atoms with Crippen LogP contribution in [0.15, 0.2) is 24.3 Å². The van der Waals surface area contributed by atoms with E-state index in [0.717, 1.165) is 5.56 Å². The molecule has 6 nitrogen and oxygen atoms in total. The van der Waals surface area contributed by atoms with Crippen LogP contribution in [0.4, 0.5) is 0 Å². The van der Waals surface area contributed by atoms with Gasteiger partial charge in [-0.3, -0.25) is 0 Å². The Hall–Kier alpha value is -2.50. The monoisotopic (exact) mass is 306 g/mol. The minimum atomic E-state index is -0.824. The number of cyclic esters (lactones) is 1. The summed E-state index contributed by atoms with van der Waals surface area (Å²) in [5.74, 6) is -0.185. The maximum Gasteiger partial charge on any atom is 0.347 e. The maximum atomic E-state index is 11.7. The van der Waals surface area contributed by atoms with Gasteiger partial charge in [0, 0.05) is 6.42 Å². The van der Waals surface area contributed by atoms with Crippen LogP contribution in [0.3, 0.4) is 0 Å². The highest BCUT2D eigenvalue weighted by Crippen LogP contribution is 2.28. The highest BCUT2D eigenvalue weighted by Gasteiger charge is 2.30. The summed E-state index contributed by atoms with van der Waals surface area (Å²) in [6, 6.07) is 5.36. The molecule has 1 aromatic carbocycles. The molecule has 0 N–H and O–H groups in total. The van der Waals surface area contributed by atoms with Crippen LogP contribution in [0, 0.1) is 0 Å². The van der Waals surface area contributed by atoms with Crippen molar-refractivity contribution in [2.24, 2.45) is 0 Å². The van der Waals surface area contributed by atoms with Crippen LogP contribution >= 0.6 is 0 Å². The van der Waals surface area contributed by atoms with Gasteiger partial charge in [0.25, 0.3) is 0 Å². The quantitative estimate of drug-likeness (QED) is 0.748. The van der Waals surface area contributed by atoms with Crippen molar-refractivity contribution in [2.45, 2.75) is 19.4 Å². The molecular formula is C16H18O6. The van der Waals surface area contributed by atoms with E-state index in [9.17, 15) is 9.59 Å². The molecule has 1 atom stereocenters. The number of carbonyl (C=O) groups excluding carboxylic acids is 2. The Labute approximate surface area is 128 Å². The molecule has 1 fully saturated rings. The van der Waals surface area contributed by atoms with Crippen LogP contribution in [-0.4, -0.2) is 38.4 Å².